The molecule has 0 aliphatic rings. The molecule has 0 bridgehead atoms. The Hall–Kier alpha value is -0.440. The fourth-order valence-corrected chi connectivity index (χ4v) is 4.68. The molecule has 16 heavy (non-hydrogen) atoms. The van der Waals surface area contributed by atoms with E-state index in [0.29, 0.717) is 0 Å². The second-order valence-electron chi connectivity index (χ2n) is 2.96. The van der Waals surface area contributed by atoms with E-state index in [4.69, 9.17) is 5.73 Å². The third kappa shape index (κ3) is 3.03. The second-order valence-corrected chi connectivity index (χ2v) is 7.58. The number of carbonyl (C=O) groups excluding carboxylic acids is 1. The first-order valence-corrected chi connectivity index (χ1v) is 7.46. The standard InChI is InChI=1S/C8H11BrN2O3S2/c1-2-11(5-7(10)12)16(13,14)8-4-3-6(9)15-8/h3-4H,2,5H2,1H3,(H2,10,12). The van der Waals surface area contributed by atoms with Crippen LogP contribution >= 0.6 is 27.3 Å². The highest BCUT2D eigenvalue weighted by molar-refractivity contribution is 9.11. The number of carbonyl (C=O) groups is 1. The zero-order chi connectivity index (χ0) is 12.3. The molecule has 1 aromatic heterocycles. The zero-order valence-corrected chi connectivity index (χ0v) is 11.7. The summed E-state index contributed by atoms with van der Waals surface area (Å²) in [4.78, 5) is 10.8. The molecule has 2 N–H and O–H groups in total. The molecule has 1 amide bonds. The second kappa shape index (κ2) is 5.26. The molecule has 5 nitrogen and oxygen atoms in total. The summed E-state index contributed by atoms with van der Waals surface area (Å²) in [5.74, 6) is -0.666. The van der Waals surface area contributed by atoms with E-state index in [0.717, 1.165) is 19.4 Å². The molecule has 8 heteroatoms. The minimum Gasteiger partial charge on any atom is -0.369 e. The van der Waals surface area contributed by atoms with Gasteiger partial charge in [-0.2, -0.15) is 4.31 Å². The fraction of sp³-hybridized carbons (Fsp3) is 0.375. The summed E-state index contributed by atoms with van der Waals surface area (Å²) in [7, 11) is -3.60. The summed E-state index contributed by atoms with van der Waals surface area (Å²) < 4.78 is 26.0. The molecule has 0 aromatic carbocycles. The Bertz CT molecular complexity index is 483. The molecule has 90 valence electrons. The highest BCUT2D eigenvalue weighted by atomic mass is 79.9. The lowest BCUT2D eigenvalue weighted by molar-refractivity contribution is -0.118. The van der Waals surface area contributed by atoms with Crippen LogP contribution in [0.25, 0.3) is 0 Å². The van der Waals surface area contributed by atoms with Crippen molar-refractivity contribution < 1.29 is 13.2 Å². The summed E-state index contributed by atoms with van der Waals surface area (Å²) in [6.45, 7) is 1.57. The lowest BCUT2D eigenvalue weighted by atomic mass is 10.6. The number of amides is 1. The van der Waals surface area contributed by atoms with Crippen molar-refractivity contribution in [1.82, 2.24) is 4.31 Å². The predicted molar refractivity (Wildman–Crippen MR) is 65.6 cm³/mol. The van der Waals surface area contributed by atoms with E-state index in [2.05, 4.69) is 15.9 Å². The average Bonchev–Trinajstić information content (AvgIpc) is 2.61. The number of hydrogen-bond acceptors (Lipinski definition) is 4. The zero-order valence-electron chi connectivity index (χ0n) is 8.51. The van der Waals surface area contributed by atoms with Crippen LogP contribution in [0.5, 0.6) is 0 Å². The van der Waals surface area contributed by atoms with Gasteiger partial charge in [-0.25, -0.2) is 8.42 Å². The normalized spacial score (nSPS) is 11.9. The largest absolute Gasteiger partial charge is 0.369 e. The van der Waals surface area contributed by atoms with E-state index in [9.17, 15) is 13.2 Å². The molecule has 0 fully saturated rings. The Kier molecular flexibility index (Phi) is 4.48. The Morgan fingerprint density at radius 3 is 2.56 bits per heavy atom. The lowest BCUT2D eigenvalue weighted by Gasteiger charge is -2.17. The van der Waals surface area contributed by atoms with Gasteiger partial charge in [-0.1, -0.05) is 6.92 Å². The van der Waals surface area contributed by atoms with Crippen LogP contribution in [0.1, 0.15) is 6.92 Å². The first-order valence-electron chi connectivity index (χ1n) is 4.41. The quantitative estimate of drug-likeness (QED) is 0.876. The van der Waals surface area contributed by atoms with Crippen LogP contribution in [0.3, 0.4) is 0 Å². The van der Waals surface area contributed by atoms with Gasteiger partial charge in [0.05, 0.1) is 10.3 Å². The lowest BCUT2D eigenvalue weighted by Crippen LogP contribution is -2.37. The monoisotopic (exact) mass is 326 g/mol. The SMILES string of the molecule is CCN(CC(N)=O)S(=O)(=O)c1ccc(Br)s1. The van der Waals surface area contributed by atoms with E-state index in [1.165, 1.54) is 6.07 Å². The van der Waals surface area contributed by atoms with E-state index in [1.807, 2.05) is 0 Å². The van der Waals surface area contributed by atoms with Gasteiger partial charge in [0.25, 0.3) is 10.0 Å². The van der Waals surface area contributed by atoms with Crippen molar-refractivity contribution in [1.29, 1.82) is 0 Å². The molecular weight excluding hydrogens is 316 g/mol. The van der Waals surface area contributed by atoms with Gasteiger partial charge in [-0.15, -0.1) is 11.3 Å². The van der Waals surface area contributed by atoms with Gasteiger partial charge >= 0.3 is 0 Å². The molecule has 0 saturated carbocycles. The van der Waals surface area contributed by atoms with Gasteiger partial charge in [0.2, 0.25) is 5.91 Å². The Labute approximate surface area is 106 Å². The molecule has 0 aliphatic carbocycles. The van der Waals surface area contributed by atoms with E-state index in [-0.39, 0.29) is 17.3 Å². The number of thiophene rings is 1. The van der Waals surface area contributed by atoms with Gasteiger partial charge in [0.1, 0.15) is 4.21 Å². The molecule has 1 rings (SSSR count). The summed E-state index contributed by atoms with van der Waals surface area (Å²) in [5, 5.41) is 0. The van der Waals surface area contributed by atoms with Crippen molar-refractivity contribution >= 4 is 43.2 Å². The molecule has 0 saturated heterocycles. The van der Waals surface area contributed by atoms with Crippen LogP contribution in [-0.4, -0.2) is 31.7 Å². The molecular formula is C8H11BrN2O3S2. The third-order valence-electron chi connectivity index (χ3n) is 1.83. The van der Waals surface area contributed by atoms with E-state index < -0.39 is 15.9 Å². The van der Waals surface area contributed by atoms with Crippen molar-refractivity contribution in [2.75, 3.05) is 13.1 Å². The minimum absolute atomic E-state index is 0.197. The number of halogens is 1. The Morgan fingerprint density at radius 2 is 2.19 bits per heavy atom. The maximum atomic E-state index is 12.0. The molecule has 1 aromatic rings. The average molecular weight is 327 g/mol. The number of nitrogens with two attached hydrogens (primary N) is 1. The maximum absolute atomic E-state index is 12.0. The first kappa shape index (κ1) is 13.6. The van der Waals surface area contributed by atoms with Gasteiger partial charge < -0.3 is 5.73 Å². The molecule has 0 unspecified atom stereocenters. The van der Waals surface area contributed by atoms with Crippen molar-refractivity contribution in [2.24, 2.45) is 5.73 Å². The van der Waals surface area contributed by atoms with Crippen molar-refractivity contribution in [3.8, 4) is 0 Å². The summed E-state index contributed by atoms with van der Waals surface area (Å²) >= 11 is 4.29. The molecule has 0 atom stereocenters. The minimum atomic E-state index is -3.60. The van der Waals surface area contributed by atoms with Gasteiger partial charge in [-0.05, 0) is 28.1 Å². The highest BCUT2D eigenvalue weighted by Gasteiger charge is 2.25. The van der Waals surface area contributed by atoms with Crippen LogP contribution < -0.4 is 5.73 Å². The molecule has 0 radical (unpaired) electrons. The van der Waals surface area contributed by atoms with Crippen LogP contribution in [0.15, 0.2) is 20.1 Å². The number of rotatable bonds is 5. The first-order chi connectivity index (χ1) is 7.37. The Morgan fingerprint density at radius 1 is 1.56 bits per heavy atom. The number of nitrogens with zero attached hydrogens (tertiary/aromatic N) is 1. The maximum Gasteiger partial charge on any atom is 0.253 e. The molecule has 0 spiro atoms. The predicted octanol–water partition coefficient (Wildman–Crippen LogP) is 1.01. The topological polar surface area (TPSA) is 80.5 Å². The number of sulfonamides is 1. The van der Waals surface area contributed by atoms with Crippen LogP contribution in [0.4, 0.5) is 0 Å². The van der Waals surface area contributed by atoms with Crippen LogP contribution in [0, 0.1) is 0 Å². The summed E-state index contributed by atoms with van der Waals surface area (Å²) in [6.07, 6.45) is 0. The van der Waals surface area contributed by atoms with Crippen LogP contribution in [-0.2, 0) is 14.8 Å². The van der Waals surface area contributed by atoms with Gasteiger partial charge in [-0.3, -0.25) is 4.79 Å². The third-order valence-corrected chi connectivity index (χ3v) is 5.84. The Balaban J connectivity index is 3.04. The number of likely N-dealkylation sites (N-methyl/N-ethyl adjacent to an activating group) is 1. The summed E-state index contributed by atoms with van der Waals surface area (Å²) in [5.41, 5.74) is 5.00. The molecule has 1 heterocycles. The van der Waals surface area contributed by atoms with Gasteiger partial charge in [0, 0.05) is 6.54 Å². The van der Waals surface area contributed by atoms with E-state index >= 15 is 0 Å². The van der Waals surface area contributed by atoms with Crippen molar-refractivity contribution in [3.05, 3.63) is 15.9 Å². The smallest absolute Gasteiger partial charge is 0.253 e. The fourth-order valence-electron chi connectivity index (χ4n) is 1.10. The summed E-state index contributed by atoms with van der Waals surface area (Å²) in [6, 6.07) is 3.14. The van der Waals surface area contributed by atoms with Crippen molar-refractivity contribution in [3.63, 3.8) is 0 Å². The van der Waals surface area contributed by atoms with Crippen molar-refractivity contribution in [2.45, 2.75) is 11.1 Å². The van der Waals surface area contributed by atoms with Gasteiger partial charge in [0.15, 0.2) is 0 Å². The highest BCUT2D eigenvalue weighted by Crippen LogP contribution is 2.28. The molecule has 0 aliphatic heterocycles. The number of primary amides is 1. The van der Waals surface area contributed by atoms with Crippen LogP contribution in [0.2, 0.25) is 0 Å². The van der Waals surface area contributed by atoms with E-state index in [1.54, 1.807) is 13.0 Å². The number of hydrogen-bond donors (Lipinski definition) is 1.